The molecule has 0 aliphatic heterocycles. The minimum absolute atomic E-state index is 0.0262. The van der Waals surface area contributed by atoms with Crippen LogP contribution in [-0.4, -0.2) is 17.6 Å². The van der Waals surface area contributed by atoms with E-state index in [1.807, 2.05) is 42.5 Å². The number of rotatable bonds is 5. The monoisotopic (exact) mass is 286 g/mol. The summed E-state index contributed by atoms with van der Waals surface area (Å²) in [4.78, 5) is 4.45. The minimum Gasteiger partial charge on any atom is -0.497 e. The molecule has 0 bridgehead atoms. The van der Waals surface area contributed by atoms with Crippen molar-refractivity contribution in [2.24, 2.45) is 0 Å². The van der Waals surface area contributed by atoms with Gasteiger partial charge in [-0.2, -0.15) is 4.98 Å². The molecule has 1 aromatic heterocycles. The highest BCUT2D eigenvalue weighted by Gasteiger charge is 2.10. The highest BCUT2D eigenvalue weighted by atomic mass is 16.5. The van der Waals surface area contributed by atoms with Crippen molar-refractivity contribution in [3.8, 4) is 11.6 Å². The van der Waals surface area contributed by atoms with Gasteiger partial charge in [0, 0.05) is 11.6 Å². The lowest BCUT2D eigenvalue weighted by Gasteiger charge is -2.21. The average Bonchev–Trinajstić information content (AvgIpc) is 2.44. The summed E-state index contributed by atoms with van der Waals surface area (Å²) in [6.45, 7) is 6.77. The van der Waals surface area contributed by atoms with Gasteiger partial charge in [-0.1, -0.05) is 18.2 Å². The van der Waals surface area contributed by atoms with Gasteiger partial charge in [0.05, 0.1) is 7.11 Å². The lowest BCUT2D eigenvalue weighted by atomic mass is 10.1. The summed E-state index contributed by atoms with van der Waals surface area (Å²) < 4.78 is 10.9. The van der Waals surface area contributed by atoms with Crippen molar-refractivity contribution in [3.63, 3.8) is 0 Å². The molecule has 2 aromatic rings. The molecule has 21 heavy (non-hydrogen) atoms. The van der Waals surface area contributed by atoms with E-state index in [9.17, 15) is 0 Å². The van der Waals surface area contributed by atoms with Crippen molar-refractivity contribution in [2.45, 2.75) is 32.9 Å². The number of hydrogen-bond donors (Lipinski definition) is 1. The Hall–Kier alpha value is -2.23. The molecule has 0 saturated heterocycles. The van der Waals surface area contributed by atoms with Crippen LogP contribution < -0.4 is 14.8 Å². The summed E-state index contributed by atoms with van der Waals surface area (Å²) in [5, 5.41) is 3.33. The van der Waals surface area contributed by atoms with Gasteiger partial charge in [0.2, 0.25) is 5.88 Å². The van der Waals surface area contributed by atoms with Crippen LogP contribution in [0.15, 0.2) is 42.5 Å². The van der Waals surface area contributed by atoms with Crippen molar-refractivity contribution in [3.05, 3.63) is 48.0 Å². The molecule has 1 heterocycles. The Labute approximate surface area is 126 Å². The summed E-state index contributed by atoms with van der Waals surface area (Å²) in [6, 6.07) is 13.5. The predicted octanol–water partition coefficient (Wildman–Crippen LogP) is 3.88. The molecular weight excluding hydrogens is 264 g/mol. The molecule has 2 rings (SSSR count). The van der Waals surface area contributed by atoms with E-state index in [4.69, 9.17) is 9.47 Å². The van der Waals surface area contributed by atoms with E-state index >= 15 is 0 Å². The number of aromatic nitrogens is 1. The predicted molar refractivity (Wildman–Crippen MR) is 84.9 cm³/mol. The van der Waals surface area contributed by atoms with Gasteiger partial charge in [0.1, 0.15) is 18.2 Å². The van der Waals surface area contributed by atoms with Crippen molar-refractivity contribution < 1.29 is 9.47 Å². The fourth-order valence-corrected chi connectivity index (χ4v) is 1.83. The molecule has 4 nitrogen and oxygen atoms in total. The maximum Gasteiger partial charge on any atom is 0.215 e. The van der Waals surface area contributed by atoms with Gasteiger partial charge >= 0.3 is 0 Å². The number of nitrogens with zero attached hydrogens (tertiary/aromatic N) is 1. The molecular formula is C17H22N2O2. The number of benzene rings is 1. The van der Waals surface area contributed by atoms with Crippen molar-refractivity contribution in [1.82, 2.24) is 4.98 Å². The normalized spacial score (nSPS) is 11.0. The fraction of sp³-hybridized carbons (Fsp3) is 0.353. The van der Waals surface area contributed by atoms with Crippen molar-refractivity contribution in [2.75, 3.05) is 12.4 Å². The number of ether oxygens (including phenoxy) is 2. The Morgan fingerprint density at radius 1 is 1.05 bits per heavy atom. The zero-order chi connectivity index (χ0) is 15.3. The van der Waals surface area contributed by atoms with E-state index in [1.54, 1.807) is 7.11 Å². The van der Waals surface area contributed by atoms with Crippen LogP contribution in [-0.2, 0) is 6.61 Å². The average molecular weight is 286 g/mol. The van der Waals surface area contributed by atoms with E-state index in [-0.39, 0.29) is 5.54 Å². The van der Waals surface area contributed by atoms with E-state index < -0.39 is 0 Å². The van der Waals surface area contributed by atoms with Crippen molar-refractivity contribution in [1.29, 1.82) is 0 Å². The Balaban J connectivity index is 1.97. The third-order valence-corrected chi connectivity index (χ3v) is 2.77. The molecule has 0 aliphatic carbocycles. The van der Waals surface area contributed by atoms with E-state index in [0.29, 0.717) is 12.5 Å². The molecule has 0 radical (unpaired) electrons. The Bertz CT molecular complexity index is 574. The second kappa shape index (κ2) is 6.48. The topological polar surface area (TPSA) is 43.4 Å². The molecule has 0 atom stereocenters. The van der Waals surface area contributed by atoms with Crippen molar-refractivity contribution >= 4 is 5.82 Å². The number of hydrogen-bond acceptors (Lipinski definition) is 4. The van der Waals surface area contributed by atoms with E-state index in [2.05, 4.69) is 31.1 Å². The summed E-state index contributed by atoms with van der Waals surface area (Å²) in [5.41, 5.74) is 1.05. The van der Waals surface area contributed by atoms with Gasteiger partial charge in [-0.25, -0.2) is 0 Å². The maximum absolute atomic E-state index is 5.73. The standard InChI is InChI=1S/C17H22N2O2/c1-17(2,3)19-15-6-5-7-16(18-15)21-12-13-8-10-14(20-4)11-9-13/h5-11H,12H2,1-4H3,(H,18,19). The van der Waals surface area contributed by atoms with E-state index in [0.717, 1.165) is 17.1 Å². The lowest BCUT2D eigenvalue weighted by Crippen LogP contribution is -2.26. The van der Waals surface area contributed by atoms with Crippen LogP contribution in [0.5, 0.6) is 11.6 Å². The van der Waals surface area contributed by atoms with Gasteiger partial charge < -0.3 is 14.8 Å². The fourth-order valence-electron chi connectivity index (χ4n) is 1.83. The van der Waals surface area contributed by atoms with Crippen LogP contribution in [0.4, 0.5) is 5.82 Å². The second-order valence-corrected chi connectivity index (χ2v) is 5.87. The zero-order valence-electron chi connectivity index (χ0n) is 13.0. The number of methoxy groups -OCH3 is 1. The molecule has 1 aromatic carbocycles. The number of nitrogens with one attached hydrogen (secondary N) is 1. The molecule has 0 spiro atoms. The molecule has 112 valence electrons. The van der Waals surface area contributed by atoms with E-state index in [1.165, 1.54) is 0 Å². The lowest BCUT2D eigenvalue weighted by molar-refractivity contribution is 0.294. The highest BCUT2D eigenvalue weighted by molar-refractivity contribution is 5.39. The first-order chi connectivity index (χ1) is 9.96. The highest BCUT2D eigenvalue weighted by Crippen LogP contribution is 2.17. The Morgan fingerprint density at radius 3 is 2.38 bits per heavy atom. The number of anilines is 1. The molecule has 1 N–H and O–H groups in total. The third-order valence-electron chi connectivity index (χ3n) is 2.77. The van der Waals surface area contributed by atoms with Gasteiger partial charge in [-0.3, -0.25) is 0 Å². The summed E-state index contributed by atoms with van der Waals surface area (Å²) in [6.07, 6.45) is 0. The molecule has 0 fully saturated rings. The minimum atomic E-state index is -0.0262. The van der Waals surface area contributed by atoms with Crippen LogP contribution in [0.1, 0.15) is 26.3 Å². The van der Waals surface area contributed by atoms with Gasteiger partial charge in [0.25, 0.3) is 0 Å². The zero-order valence-corrected chi connectivity index (χ0v) is 13.0. The summed E-state index contributed by atoms with van der Waals surface area (Å²) in [7, 11) is 1.66. The van der Waals surface area contributed by atoms with Crippen LogP contribution in [0.2, 0.25) is 0 Å². The second-order valence-electron chi connectivity index (χ2n) is 5.87. The first-order valence-electron chi connectivity index (χ1n) is 6.97. The van der Waals surface area contributed by atoms with Gasteiger partial charge in [-0.05, 0) is 44.5 Å². The largest absolute Gasteiger partial charge is 0.497 e. The van der Waals surface area contributed by atoms with Crippen LogP contribution in [0.25, 0.3) is 0 Å². The quantitative estimate of drug-likeness (QED) is 0.906. The molecule has 0 amide bonds. The third kappa shape index (κ3) is 4.99. The summed E-state index contributed by atoms with van der Waals surface area (Å²) >= 11 is 0. The summed E-state index contributed by atoms with van der Waals surface area (Å²) in [5.74, 6) is 2.27. The first kappa shape index (κ1) is 15.2. The maximum atomic E-state index is 5.73. The molecule has 0 saturated carbocycles. The number of pyridine rings is 1. The Kier molecular flexibility index (Phi) is 4.68. The molecule has 0 unspecified atom stereocenters. The first-order valence-corrected chi connectivity index (χ1v) is 6.97. The van der Waals surface area contributed by atoms with Gasteiger partial charge in [0.15, 0.2) is 0 Å². The Morgan fingerprint density at radius 2 is 1.76 bits per heavy atom. The van der Waals surface area contributed by atoms with Crippen LogP contribution in [0.3, 0.4) is 0 Å². The SMILES string of the molecule is COc1ccc(COc2cccc(NC(C)(C)C)n2)cc1. The smallest absolute Gasteiger partial charge is 0.215 e. The van der Waals surface area contributed by atoms with Crippen LogP contribution in [0, 0.1) is 0 Å². The molecule has 0 aliphatic rings. The molecule has 4 heteroatoms. The van der Waals surface area contributed by atoms with Crippen LogP contribution >= 0.6 is 0 Å². The van der Waals surface area contributed by atoms with Gasteiger partial charge in [-0.15, -0.1) is 0 Å².